The van der Waals surface area contributed by atoms with Gasteiger partial charge in [-0.2, -0.15) is 4.98 Å². The lowest BCUT2D eigenvalue weighted by Gasteiger charge is -2.25. The molecule has 0 aliphatic carbocycles. The van der Waals surface area contributed by atoms with Crippen LogP contribution in [-0.2, 0) is 6.42 Å². The van der Waals surface area contributed by atoms with Crippen molar-refractivity contribution < 1.29 is 9.90 Å². The van der Waals surface area contributed by atoms with E-state index in [4.69, 9.17) is 0 Å². The van der Waals surface area contributed by atoms with Crippen LogP contribution in [0.5, 0.6) is 5.88 Å². The van der Waals surface area contributed by atoms with E-state index in [1.807, 2.05) is 48.5 Å². The Morgan fingerprint density at radius 2 is 1.74 bits per heavy atom. The summed E-state index contributed by atoms with van der Waals surface area (Å²) < 4.78 is 1.67. The maximum absolute atomic E-state index is 13.9. The number of aromatic nitrogens is 2. The van der Waals surface area contributed by atoms with Crippen LogP contribution in [0.1, 0.15) is 85.2 Å². The molecule has 0 radical (unpaired) electrons. The van der Waals surface area contributed by atoms with Gasteiger partial charge in [-0.1, -0.05) is 87.4 Å². The Morgan fingerprint density at radius 1 is 1.06 bits per heavy atom. The molecule has 1 fully saturated rings. The average molecular weight is 474 g/mol. The average Bonchev–Trinajstić information content (AvgIpc) is 3.38. The quantitative estimate of drug-likeness (QED) is 0.457. The summed E-state index contributed by atoms with van der Waals surface area (Å²) in [7, 11) is 0. The van der Waals surface area contributed by atoms with E-state index in [9.17, 15) is 14.7 Å². The Kier molecular flexibility index (Phi) is 8.01. The monoisotopic (exact) mass is 473 g/mol. The third kappa shape index (κ3) is 5.31. The summed E-state index contributed by atoms with van der Waals surface area (Å²) in [5, 5.41) is 10.8. The van der Waals surface area contributed by atoms with Crippen LogP contribution in [0.4, 0.5) is 0 Å². The van der Waals surface area contributed by atoms with Crippen LogP contribution in [0.2, 0.25) is 0 Å². The molecule has 3 aromatic rings. The Hall–Kier alpha value is -3.41. The number of hydrogen-bond acceptors (Lipinski definition) is 4. The lowest BCUT2D eigenvalue weighted by molar-refractivity contribution is 0.0783. The van der Waals surface area contributed by atoms with Crippen molar-refractivity contribution in [1.82, 2.24) is 14.5 Å². The highest BCUT2D eigenvalue weighted by Crippen LogP contribution is 2.30. The van der Waals surface area contributed by atoms with Crippen molar-refractivity contribution in [2.24, 2.45) is 0 Å². The standard InChI is InChI=1S/C29H35N3O3/c1-3-5-17-25-30-27(33)26(28(34)31-19-18-23(20-31)21-13-8-6-9-14-21)29(35)32(25)24(12-4-2)22-15-10-7-11-16-22/h6-11,13-16,23-24,33H,3-5,12,17-20H2,1-2H3/t23-,24?/m1/s1. The number of aryl methyl sites for hydroxylation is 1. The van der Waals surface area contributed by atoms with Gasteiger partial charge in [-0.25, -0.2) is 0 Å². The Labute approximate surface area is 207 Å². The second-order valence-electron chi connectivity index (χ2n) is 9.37. The van der Waals surface area contributed by atoms with Gasteiger partial charge in [0.2, 0.25) is 5.88 Å². The van der Waals surface area contributed by atoms with Gasteiger partial charge < -0.3 is 10.0 Å². The third-order valence-electron chi connectivity index (χ3n) is 6.94. The molecule has 1 aliphatic heterocycles. The highest BCUT2D eigenvalue weighted by atomic mass is 16.3. The van der Waals surface area contributed by atoms with Gasteiger partial charge in [0, 0.05) is 25.4 Å². The fourth-order valence-corrected chi connectivity index (χ4v) is 5.08. The van der Waals surface area contributed by atoms with Crippen LogP contribution >= 0.6 is 0 Å². The van der Waals surface area contributed by atoms with E-state index in [0.717, 1.165) is 37.7 Å². The molecule has 1 N–H and O–H groups in total. The summed E-state index contributed by atoms with van der Waals surface area (Å²) in [6.45, 7) is 5.24. The molecule has 6 heteroatoms. The van der Waals surface area contributed by atoms with Crippen molar-refractivity contribution >= 4 is 5.91 Å². The molecule has 2 heterocycles. The first-order valence-corrected chi connectivity index (χ1v) is 12.8. The van der Waals surface area contributed by atoms with Crippen LogP contribution in [0.3, 0.4) is 0 Å². The summed E-state index contributed by atoms with van der Waals surface area (Å²) in [5.74, 6) is -0.124. The normalized spacial score (nSPS) is 16.4. The number of unbranched alkanes of at least 4 members (excludes halogenated alkanes) is 1. The molecule has 1 saturated heterocycles. The van der Waals surface area contributed by atoms with E-state index >= 15 is 0 Å². The van der Waals surface area contributed by atoms with Gasteiger partial charge in [-0.3, -0.25) is 14.2 Å². The van der Waals surface area contributed by atoms with Gasteiger partial charge in [0.15, 0.2) is 5.56 Å². The van der Waals surface area contributed by atoms with Gasteiger partial charge in [-0.15, -0.1) is 0 Å². The molecule has 1 amide bonds. The van der Waals surface area contributed by atoms with Crippen LogP contribution in [-0.4, -0.2) is 38.6 Å². The summed E-state index contributed by atoms with van der Waals surface area (Å²) in [6.07, 6.45) is 4.79. The van der Waals surface area contributed by atoms with Gasteiger partial charge in [0.1, 0.15) is 5.82 Å². The van der Waals surface area contributed by atoms with Crippen molar-refractivity contribution in [2.45, 2.75) is 64.3 Å². The van der Waals surface area contributed by atoms with Crippen LogP contribution in [0.25, 0.3) is 0 Å². The predicted molar refractivity (Wildman–Crippen MR) is 138 cm³/mol. The maximum Gasteiger partial charge on any atom is 0.270 e. The maximum atomic E-state index is 13.9. The van der Waals surface area contributed by atoms with Gasteiger partial charge in [0.05, 0.1) is 6.04 Å². The molecule has 0 spiro atoms. The second kappa shape index (κ2) is 11.3. The van der Waals surface area contributed by atoms with E-state index in [2.05, 4.69) is 31.0 Å². The van der Waals surface area contributed by atoms with Gasteiger partial charge in [-0.05, 0) is 30.4 Å². The van der Waals surface area contributed by atoms with Crippen LogP contribution in [0.15, 0.2) is 65.5 Å². The molecule has 1 aliphatic rings. The number of rotatable bonds is 9. The lowest BCUT2D eigenvalue weighted by atomic mass is 9.99. The first-order chi connectivity index (χ1) is 17.0. The Morgan fingerprint density at radius 3 is 2.40 bits per heavy atom. The topological polar surface area (TPSA) is 75.4 Å². The fourth-order valence-electron chi connectivity index (χ4n) is 5.08. The van der Waals surface area contributed by atoms with Crippen molar-refractivity contribution in [1.29, 1.82) is 0 Å². The number of likely N-dealkylation sites (tertiary alicyclic amines) is 1. The minimum absolute atomic E-state index is 0.212. The molecular formula is C29H35N3O3. The van der Waals surface area contributed by atoms with Crippen LogP contribution in [0, 0.1) is 0 Å². The largest absolute Gasteiger partial charge is 0.493 e. The van der Waals surface area contributed by atoms with E-state index in [-0.39, 0.29) is 17.5 Å². The van der Waals surface area contributed by atoms with E-state index in [1.54, 1.807) is 9.47 Å². The minimum Gasteiger partial charge on any atom is -0.493 e. The highest BCUT2D eigenvalue weighted by molar-refractivity contribution is 5.96. The number of hydrogen-bond donors (Lipinski definition) is 1. The van der Waals surface area contributed by atoms with E-state index in [0.29, 0.717) is 25.3 Å². The fraction of sp³-hybridized carbons (Fsp3) is 0.414. The first kappa shape index (κ1) is 24.7. The minimum atomic E-state index is -0.450. The number of carbonyl (C=O) groups is 1. The molecule has 0 bridgehead atoms. The zero-order chi connectivity index (χ0) is 24.8. The number of nitrogens with zero attached hydrogens (tertiary/aromatic N) is 3. The predicted octanol–water partition coefficient (Wildman–Crippen LogP) is 5.31. The molecule has 1 unspecified atom stereocenters. The highest BCUT2D eigenvalue weighted by Gasteiger charge is 2.33. The molecule has 4 rings (SSSR count). The number of benzene rings is 2. The van der Waals surface area contributed by atoms with Gasteiger partial charge >= 0.3 is 0 Å². The number of amides is 1. The number of carbonyl (C=O) groups excluding carboxylic acids is 1. The second-order valence-corrected chi connectivity index (χ2v) is 9.37. The van der Waals surface area contributed by atoms with Crippen molar-refractivity contribution in [3.63, 3.8) is 0 Å². The molecule has 35 heavy (non-hydrogen) atoms. The summed E-state index contributed by atoms with van der Waals surface area (Å²) >= 11 is 0. The van der Waals surface area contributed by atoms with E-state index in [1.165, 1.54) is 5.56 Å². The zero-order valence-corrected chi connectivity index (χ0v) is 20.7. The lowest BCUT2D eigenvalue weighted by Crippen LogP contribution is -2.38. The molecule has 184 valence electrons. The van der Waals surface area contributed by atoms with Gasteiger partial charge in [0.25, 0.3) is 11.5 Å². The van der Waals surface area contributed by atoms with Crippen LogP contribution < -0.4 is 5.56 Å². The number of aromatic hydroxyl groups is 1. The van der Waals surface area contributed by atoms with E-state index < -0.39 is 17.3 Å². The van der Waals surface area contributed by atoms with Crippen molar-refractivity contribution in [3.8, 4) is 5.88 Å². The smallest absolute Gasteiger partial charge is 0.270 e. The molecule has 6 nitrogen and oxygen atoms in total. The molecule has 2 atom stereocenters. The summed E-state index contributed by atoms with van der Waals surface area (Å²) in [5.41, 5.74) is 1.53. The third-order valence-corrected chi connectivity index (χ3v) is 6.94. The first-order valence-electron chi connectivity index (χ1n) is 12.8. The summed E-state index contributed by atoms with van der Waals surface area (Å²) in [4.78, 5) is 33.6. The molecule has 1 aromatic heterocycles. The molecule has 2 aromatic carbocycles. The summed E-state index contributed by atoms with van der Waals surface area (Å²) in [6, 6.07) is 19.8. The Balaban J connectivity index is 1.74. The van der Waals surface area contributed by atoms with Crippen molar-refractivity contribution in [2.75, 3.05) is 13.1 Å². The Bertz CT molecular complexity index is 1190. The SMILES string of the molecule is CCCCc1nc(O)c(C(=O)N2CC[C@@H](c3ccccc3)C2)c(=O)n1C(CCC)c1ccccc1. The van der Waals surface area contributed by atoms with Crippen molar-refractivity contribution in [3.05, 3.63) is 93.5 Å². The molecular weight excluding hydrogens is 438 g/mol. The zero-order valence-electron chi connectivity index (χ0n) is 20.7. The molecule has 0 saturated carbocycles.